The van der Waals surface area contributed by atoms with Gasteiger partial charge in [-0.05, 0) is 62.3 Å². The highest BCUT2D eigenvalue weighted by Crippen LogP contribution is 2.28. The molecule has 1 fully saturated rings. The van der Waals surface area contributed by atoms with Gasteiger partial charge in [0, 0.05) is 42.4 Å². The van der Waals surface area contributed by atoms with Gasteiger partial charge in [-0.25, -0.2) is 0 Å². The van der Waals surface area contributed by atoms with Crippen LogP contribution in [0.5, 0.6) is 5.75 Å². The lowest BCUT2D eigenvalue weighted by atomic mass is 9.95. The lowest BCUT2D eigenvalue weighted by molar-refractivity contribution is 0.0971. The van der Waals surface area contributed by atoms with E-state index in [-0.39, 0.29) is 0 Å². The van der Waals surface area contributed by atoms with E-state index in [4.69, 9.17) is 4.74 Å². The van der Waals surface area contributed by atoms with Crippen molar-refractivity contribution in [1.82, 2.24) is 20.1 Å². The van der Waals surface area contributed by atoms with E-state index in [1.54, 1.807) is 0 Å². The lowest BCUT2D eigenvalue weighted by Gasteiger charge is -2.32. The van der Waals surface area contributed by atoms with Crippen LogP contribution in [0.2, 0.25) is 0 Å². The van der Waals surface area contributed by atoms with Crippen molar-refractivity contribution < 1.29 is 4.74 Å². The summed E-state index contributed by atoms with van der Waals surface area (Å²) < 4.78 is 6.33. The average Bonchev–Trinajstić information content (AvgIpc) is 3.31. The summed E-state index contributed by atoms with van der Waals surface area (Å²) in [6, 6.07) is 8.33. The van der Waals surface area contributed by atoms with Crippen LogP contribution in [0.25, 0.3) is 10.9 Å². The molecule has 0 bridgehead atoms. The fraction of sp³-hybridized carbons (Fsp3) is 0.476. The van der Waals surface area contributed by atoms with Crippen LogP contribution in [0.1, 0.15) is 42.6 Å². The standard InChI is InChI=1S/C21H26N4O/c1-2-5-19-16(4-1)20(24-23-19)14-25-12-9-15(10-13-25)26-21-7-3-6-18-17(21)8-11-22-18/h3,6-8,11,15,22H,1-2,4-5,9-10,12-14H2,(H,23,24). The minimum atomic E-state index is 0.305. The van der Waals surface area contributed by atoms with E-state index in [1.807, 2.05) is 6.20 Å². The topological polar surface area (TPSA) is 56.9 Å². The summed E-state index contributed by atoms with van der Waals surface area (Å²) in [6.45, 7) is 3.14. The number of aryl methyl sites for hydroxylation is 1. The number of nitrogens with one attached hydrogen (secondary N) is 2. The van der Waals surface area contributed by atoms with Crippen LogP contribution >= 0.6 is 0 Å². The van der Waals surface area contributed by atoms with Crippen molar-refractivity contribution in [2.75, 3.05) is 13.1 Å². The number of ether oxygens (including phenoxy) is 1. The fourth-order valence-corrected chi connectivity index (χ4v) is 4.42. The van der Waals surface area contributed by atoms with Crippen LogP contribution in [0.3, 0.4) is 0 Å². The van der Waals surface area contributed by atoms with Crippen molar-refractivity contribution >= 4 is 10.9 Å². The van der Waals surface area contributed by atoms with Gasteiger partial charge < -0.3 is 9.72 Å². The number of fused-ring (bicyclic) bond motifs is 2. The van der Waals surface area contributed by atoms with Gasteiger partial charge in [0.15, 0.2) is 0 Å². The maximum atomic E-state index is 6.33. The molecule has 2 N–H and O–H groups in total. The van der Waals surface area contributed by atoms with Gasteiger partial charge in [0.05, 0.1) is 5.69 Å². The Balaban J connectivity index is 1.20. The third-order valence-electron chi connectivity index (χ3n) is 5.90. The highest BCUT2D eigenvalue weighted by atomic mass is 16.5. The molecule has 1 aliphatic carbocycles. The van der Waals surface area contributed by atoms with E-state index in [9.17, 15) is 0 Å². The molecular formula is C21H26N4O. The minimum absolute atomic E-state index is 0.305. The number of H-pyrrole nitrogens is 2. The molecule has 3 aromatic rings. The Morgan fingerprint density at radius 3 is 2.92 bits per heavy atom. The van der Waals surface area contributed by atoms with Crippen LogP contribution in [0, 0.1) is 0 Å². The number of nitrogens with zero attached hydrogens (tertiary/aromatic N) is 2. The number of rotatable bonds is 4. The van der Waals surface area contributed by atoms with E-state index in [2.05, 4.69) is 44.3 Å². The summed E-state index contributed by atoms with van der Waals surface area (Å²) in [7, 11) is 0. The van der Waals surface area contributed by atoms with Gasteiger partial charge in [0.1, 0.15) is 11.9 Å². The molecule has 0 spiro atoms. The summed E-state index contributed by atoms with van der Waals surface area (Å²) in [5.41, 5.74) is 5.29. The third-order valence-corrected chi connectivity index (χ3v) is 5.90. The Labute approximate surface area is 153 Å². The van der Waals surface area contributed by atoms with Crippen molar-refractivity contribution in [3.8, 4) is 5.75 Å². The van der Waals surface area contributed by atoms with Crippen molar-refractivity contribution in [2.45, 2.75) is 51.2 Å². The first kappa shape index (κ1) is 15.9. The number of aromatic nitrogens is 3. The van der Waals surface area contributed by atoms with E-state index >= 15 is 0 Å². The van der Waals surface area contributed by atoms with Gasteiger partial charge in [-0.1, -0.05) is 6.07 Å². The molecule has 0 saturated carbocycles. The summed E-state index contributed by atoms with van der Waals surface area (Å²) in [4.78, 5) is 5.79. The normalized spacial score (nSPS) is 18.9. The van der Waals surface area contributed by atoms with E-state index < -0.39 is 0 Å². The molecule has 5 nitrogen and oxygen atoms in total. The Morgan fingerprint density at radius 1 is 1.12 bits per heavy atom. The molecule has 2 aromatic heterocycles. The van der Waals surface area contributed by atoms with E-state index in [0.29, 0.717) is 6.10 Å². The molecule has 1 saturated heterocycles. The van der Waals surface area contributed by atoms with Gasteiger partial charge in [-0.2, -0.15) is 5.10 Å². The molecule has 1 aromatic carbocycles. The zero-order valence-corrected chi connectivity index (χ0v) is 15.1. The lowest BCUT2D eigenvalue weighted by Crippen LogP contribution is -2.38. The third kappa shape index (κ3) is 3.01. The highest BCUT2D eigenvalue weighted by Gasteiger charge is 2.24. The molecule has 0 atom stereocenters. The smallest absolute Gasteiger partial charge is 0.129 e. The van der Waals surface area contributed by atoms with Gasteiger partial charge in [0.2, 0.25) is 0 Å². The molecule has 2 aliphatic rings. The number of benzene rings is 1. The quantitative estimate of drug-likeness (QED) is 0.752. The summed E-state index contributed by atoms with van der Waals surface area (Å²) in [5, 5.41) is 9.05. The molecule has 3 heterocycles. The minimum Gasteiger partial charge on any atom is -0.490 e. The summed E-state index contributed by atoms with van der Waals surface area (Å²) in [5.74, 6) is 1.00. The van der Waals surface area contributed by atoms with E-state index in [1.165, 1.54) is 48.0 Å². The van der Waals surface area contributed by atoms with Gasteiger partial charge in [-0.15, -0.1) is 0 Å². The second-order valence-electron chi connectivity index (χ2n) is 7.62. The molecule has 0 amide bonds. The highest BCUT2D eigenvalue weighted by molar-refractivity contribution is 5.85. The zero-order chi connectivity index (χ0) is 17.3. The fourth-order valence-electron chi connectivity index (χ4n) is 4.42. The first-order chi connectivity index (χ1) is 12.9. The van der Waals surface area contributed by atoms with Gasteiger partial charge >= 0.3 is 0 Å². The second-order valence-corrected chi connectivity index (χ2v) is 7.62. The molecule has 0 radical (unpaired) electrons. The Kier molecular flexibility index (Phi) is 4.17. The Hall–Kier alpha value is -2.27. The van der Waals surface area contributed by atoms with Crippen LogP contribution in [-0.2, 0) is 19.4 Å². The maximum Gasteiger partial charge on any atom is 0.129 e. The molecular weight excluding hydrogens is 324 g/mol. The van der Waals surface area contributed by atoms with Crippen molar-refractivity contribution in [2.24, 2.45) is 0 Å². The summed E-state index contributed by atoms with van der Waals surface area (Å²) in [6.07, 6.45) is 9.40. The van der Waals surface area contributed by atoms with Crippen molar-refractivity contribution in [1.29, 1.82) is 0 Å². The number of hydrogen-bond acceptors (Lipinski definition) is 3. The largest absolute Gasteiger partial charge is 0.490 e. The van der Waals surface area contributed by atoms with Gasteiger partial charge in [-0.3, -0.25) is 10.00 Å². The SMILES string of the molecule is c1cc(OC2CCN(Cc3n[nH]c4c3CCCC4)CC2)c2cc[nH]c2c1. The Morgan fingerprint density at radius 2 is 2.00 bits per heavy atom. The number of piperidine rings is 1. The van der Waals surface area contributed by atoms with Crippen molar-refractivity contribution in [3.63, 3.8) is 0 Å². The van der Waals surface area contributed by atoms with Gasteiger partial charge in [0.25, 0.3) is 0 Å². The van der Waals surface area contributed by atoms with Crippen LogP contribution in [0.15, 0.2) is 30.5 Å². The molecule has 5 rings (SSSR count). The molecule has 136 valence electrons. The first-order valence-electron chi connectivity index (χ1n) is 9.87. The number of likely N-dealkylation sites (tertiary alicyclic amines) is 1. The first-order valence-corrected chi connectivity index (χ1v) is 9.87. The predicted molar refractivity (Wildman–Crippen MR) is 102 cm³/mol. The monoisotopic (exact) mass is 350 g/mol. The van der Waals surface area contributed by atoms with E-state index in [0.717, 1.165) is 43.7 Å². The zero-order valence-electron chi connectivity index (χ0n) is 15.1. The Bertz CT molecular complexity index is 888. The van der Waals surface area contributed by atoms with Crippen LogP contribution in [0.4, 0.5) is 0 Å². The van der Waals surface area contributed by atoms with Crippen molar-refractivity contribution in [3.05, 3.63) is 47.4 Å². The average molecular weight is 350 g/mol. The molecule has 5 heteroatoms. The van der Waals surface area contributed by atoms with Crippen LogP contribution < -0.4 is 4.74 Å². The maximum absolute atomic E-state index is 6.33. The second kappa shape index (κ2) is 6.80. The summed E-state index contributed by atoms with van der Waals surface area (Å²) >= 11 is 0. The molecule has 1 aliphatic heterocycles. The molecule has 26 heavy (non-hydrogen) atoms. The molecule has 0 unspecified atom stereocenters. The predicted octanol–water partition coefficient (Wildman–Crippen LogP) is 3.81. The number of hydrogen-bond donors (Lipinski definition) is 2. The number of aromatic amines is 2. The van der Waals surface area contributed by atoms with Crippen LogP contribution in [-0.4, -0.2) is 39.3 Å².